The monoisotopic (exact) mass is 297 g/mol. The molecule has 19 heavy (non-hydrogen) atoms. The predicted octanol–water partition coefficient (Wildman–Crippen LogP) is 3.91. The summed E-state index contributed by atoms with van der Waals surface area (Å²) in [5.74, 6) is 0. The van der Waals surface area contributed by atoms with Gasteiger partial charge in [-0.05, 0) is 17.7 Å². The SMILES string of the molecule is O=[N+]([O-])c1ccc(Cl)c(Cl)c1NCc1cccnc1. The molecular weight excluding hydrogens is 289 g/mol. The summed E-state index contributed by atoms with van der Waals surface area (Å²) in [6.07, 6.45) is 3.32. The van der Waals surface area contributed by atoms with Crippen molar-refractivity contribution in [1.82, 2.24) is 4.98 Å². The zero-order chi connectivity index (χ0) is 13.8. The number of hydrogen-bond donors (Lipinski definition) is 1. The molecule has 0 saturated carbocycles. The Morgan fingerprint density at radius 3 is 2.74 bits per heavy atom. The van der Waals surface area contributed by atoms with Gasteiger partial charge in [0.2, 0.25) is 0 Å². The van der Waals surface area contributed by atoms with Crippen LogP contribution in [-0.4, -0.2) is 9.91 Å². The number of aromatic nitrogens is 1. The molecule has 0 fully saturated rings. The molecule has 5 nitrogen and oxygen atoms in total. The van der Waals surface area contributed by atoms with Crippen molar-refractivity contribution in [3.8, 4) is 0 Å². The van der Waals surface area contributed by atoms with Crippen molar-refractivity contribution in [2.24, 2.45) is 0 Å². The van der Waals surface area contributed by atoms with Crippen molar-refractivity contribution in [1.29, 1.82) is 0 Å². The molecule has 2 rings (SSSR count). The van der Waals surface area contributed by atoms with Crippen LogP contribution in [0.25, 0.3) is 0 Å². The highest BCUT2D eigenvalue weighted by molar-refractivity contribution is 6.44. The van der Waals surface area contributed by atoms with Crippen LogP contribution in [0.3, 0.4) is 0 Å². The van der Waals surface area contributed by atoms with Crippen LogP contribution in [-0.2, 0) is 6.54 Å². The number of anilines is 1. The normalized spacial score (nSPS) is 10.2. The summed E-state index contributed by atoms with van der Waals surface area (Å²) in [5.41, 5.74) is 0.981. The standard InChI is InChI=1S/C12H9Cl2N3O2/c13-9-3-4-10(17(18)19)12(11(9)14)16-7-8-2-1-5-15-6-8/h1-6,16H,7H2. The number of hydrogen-bond acceptors (Lipinski definition) is 4. The van der Waals surface area contributed by atoms with Crippen LogP contribution in [0.4, 0.5) is 11.4 Å². The smallest absolute Gasteiger partial charge is 0.293 e. The zero-order valence-electron chi connectivity index (χ0n) is 9.64. The molecule has 0 aliphatic heterocycles. The van der Waals surface area contributed by atoms with Crippen LogP contribution in [0.5, 0.6) is 0 Å². The molecule has 1 aromatic carbocycles. The van der Waals surface area contributed by atoms with E-state index < -0.39 is 4.92 Å². The quantitative estimate of drug-likeness (QED) is 0.686. The van der Waals surface area contributed by atoms with E-state index in [2.05, 4.69) is 10.3 Å². The number of pyridine rings is 1. The van der Waals surface area contributed by atoms with Crippen molar-refractivity contribution in [3.05, 3.63) is 62.4 Å². The van der Waals surface area contributed by atoms with Gasteiger partial charge in [-0.1, -0.05) is 29.3 Å². The number of benzene rings is 1. The third-order valence-corrected chi connectivity index (χ3v) is 3.27. The summed E-state index contributed by atoms with van der Waals surface area (Å²) >= 11 is 11.9. The third-order valence-electron chi connectivity index (χ3n) is 2.46. The van der Waals surface area contributed by atoms with E-state index in [1.54, 1.807) is 18.5 Å². The van der Waals surface area contributed by atoms with Crippen LogP contribution in [0.1, 0.15) is 5.56 Å². The molecule has 1 N–H and O–H groups in total. The van der Waals surface area contributed by atoms with Gasteiger partial charge >= 0.3 is 0 Å². The highest BCUT2D eigenvalue weighted by Gasteiger charge is 2.18. The Balaban J connectivity index is 2.28. The lowest BCUT2D eigenvalue weighted by Crippen LogP contribution is -2.03. The minimum absolute atomic E-state index is 0.113. The Kier molecular flexibility index (Phi) is 4.19. The van der Waals surface area contributed by atoms with Crippen molar-refractivity contribution < 1.29 is 4.92 Å². The maximum Gasteiger partial charge on any atom is 0.293 e. The van der Waals surface area contributed by atoms with Gasteiger partial charge in [0.25, 0.3) is 5.69 Å². The summed E-state index contributed by atoms with van der Waals surface area (Å²) < 4.78 is 0. The molecule has 0 aliphatic rings. The summed E-state index contributed by atoms with van der Waals surface area (Å²) in [5, 5.41) is 14.3. The van der Waals surface area contributed by atoms with E-state index in [-0.39, 0.29) is 21.4 Å². The second-order valence-electron chi connectivity index (χ2n) is 3.73. The average molecular weight is 298 g/mol. The molecule has 0 atom stereocenters. The minimum atomic E-state index is -0.506. The molecule has 0 unspecified atom stereocenters. The molecule has 1 heterocycles. The Bertz CT molecular complexity index is 605. The fraction of sp³-hybridized carbons (Fsp3) is 0.0833. The van der Waals surface area contributed by atoms with E-state index in [4.69, 9.17) is 23.2 Å². The van der Waals surface area contributed by atoms with Crippen molar-refractivity contribution in [2.75, 3.05) is 5.32 Å². The van der Waals surface area contributed by atoms with Gasteiger partial charge in [-0.25, -0.2) is 0 Å². The second kappa shape index (κ2) is 5.86. The first-order valence-corrected chi connectivity index (χ1v) is 6.10. The molecule has 0 saturated heterocycles. The van der Waals surface area contributed by atoms with Gasteiger partial charge in [0.1, 0.15) is 5.69 Å². The molecule has 0 amide bonds. The maximum absolute atomic E-state index is 10.9. The average Bonchev–Trinajstić information content (AvgIpc) is 2.41. The topological polar surface area (TPSA) is 68.1 Å². The number of rotatable bonds is 4. The molecule has 0 aliphatic carbocycles. The lowest BCUT2D eigenvalue weighted by atomic mass is 10.2. The number of halogens is 2. The zero-order valence-corrected chi connectivity index (χ0v) is 11.1. The van der Waals surface area contributed by atoms with Gasteiger partial charge in [0, 0.05) is 25.0 Å². The molecule has 0 bridgehead atoms. The van der Waals surface area contributed by atoms with Crippen LogP contribution >= 0.6 is 23.2 Å². The fourth-order valence-corrected chi connectivity index (χ4v) is 1.94. The Labute approximate surface area is 119 Å². The highest BCUT2D eigenvalue weighted by Crippen LogP contribution is 2.37. The summed E-state index contributed by atoms with van der Waals surface area (Å²) in [7, 11) is 0. The fourth-order valence-electron chi connectivity index (χ4n) is 1.55. The van der Waals surface area contributed by atoms with E-state index in [1.165, 1.54) is 12.1 Å². The van der Waals surface area contributed by atoms with E-state index in [9.17, 15) is 10.1 Å². The predicted molar refractivity (Wildman–Crippen MR) is 74.7 cm³/mol. The number of nitro benzene ring substituents is 1. The molecule has 2 aromatic rings. The summed E-state index contributed by atoms with van der Waals surface area (Å²) in [6, 6.07) is 6.35. The summed E-state index contributed by atoms with van der Waals surface area (Å²) in [4.78, 5) is 14.4. The molecule has 1 aromatic heterocycles. The van der Waals surface area contributed by atoms with E-state index in [0.717, 1.165) is 5.56 Å². The largest absolute Gasteiger partial charge is 0.374 e. The van der Waals surface area contributed by atoms with Gasteiger partial charge in [0.15, 0.2) is 0 Å². The van der Waals surface area contributed by atoms with Crippen molar-refractivity contribution >= 4 is 34.6 Å². The second-order valence-corrected chi connectivity index (χ2v) is 4.51. The van der Waals surface area contributed by atoms with E-state index in [0.29, 0.717) is 6.54 Å². The van der Waals surface area contributed by atoms with E-state index >= 15 is 0 Å². The van der Waals surface area contributed by atoms with Gasteiger partial charge in [-0.3, -0.25) is 15.1 Å². The first kappa shape index (κ1) is 13.6. The van der Waals surface area contributed by atoms with E-state index in [1.807, 2.05) is 6.07 Å². The third kappa shape index (κ3) is 3.13. The lowest BCUT2D eigenvalue weighted by Gasteiger charge is -2.09. The first-order chi connectivity index (χ1) is 9.09. The Hall–Kier alpha value is -1.85. The maximum atomic E-state index is 10.9. The van der Waals surface area contributed by atoms with Gasteiger partial charge < -0.3 is 5.32 Å². The molecule has 0 radical (unpaired) electrons. The van der Waals surface area contributed by atoms with Crippen molar-refractivity contribution in [2.45, 2.75) is 6.54 Å². The van der Waals surface area contributed by atoms with Crippen LogP contribution in [0.2, 0.25) is 10.0 Å². The molecule has 98 valence electrons. The highest BCUT2D eigenvalue weighted by atomic mass is 35.5. The Morgan fingerprint density at radius 2 is 2.11 bits per heavy atom. The Morgan fingerprint density at radius 1 is 1.32 bits per heavy atom. The van der Waals surface area contributed by atoms with Gasteiger partial charge in [0.05, 0.1) is 15.0 Å². The molecule has 7 heteroatoms. The molecule has 0 spiro atoms. The number of nitro groups is 1. The van der Waals surface area contributed by atoms with Gasteiger partial charge in [-0.15, -0.1) is 0 Å². The van der Waals surface area contributed by atoms with Crippen LogP contribution in [0, 0.1) is 10.1 Å². The van der Waals surface area contributed by atoms with Crippen molar-refractivity contribution in [3.63, 3.8) is 0 Å². The van der Waals surface area contributed by atoms with Gasteiger partial charge in [-0.2, -0.15) is 0 Å². The van der Waals surface area contributed by atoms with Crippen LogP contribution in [0.15, 0.2) is 36.7 Å². The molecular formula is C12H9Cl2N3O2. The van der Waals surface area contributed by atoms with Crippen LogP contribution < -0.4 is 5.32 Å². The lowest BCUT2D eigenvalue weighted by molar-refractivity contribution is -0.383. The first-order valence-electron chi connectivity index (χ1n) is 5.34. The minimum Gasteiger partial charge on any atom is -0.374 e. The number of nitrogens with one attached hydrogen (secondary N) is 1. The number of nitrogens with zero attached hydrogens (tertiary/aromatic N) is 2. The summed E-state index contributed by atoms with van der Waals surface area (Å²) in [6.45, 7) is 0.370.